The average Bonchev–Trinajstić information content (AvgIpc) is 2.93. The molecule has 2 fully saturated rings. The Balaban J connectivity index is 1.85. The van der Waals surface area contributed by atoms with Gasteiger partial charge in [0.1, 0.15) is 0 Å². The lowest BCUT2D eigenvalue weighted by molar-refractivity contribution is -0.127. The van der Waals surface area contributed by atoms with E-state index in [2.05, 4.69) is 0 Å². The minimum atomic E-state index is 0.164. The Labute approximate surface area is 91.3 Å². The van der Waals surface area contributed by atoms with Crippen LogP contribution in [0.4, 0.5) is 0 Å². The number of nitrogens with two attached hydrogens (primary N) is 1. The van der Waals surface area contributed by atoms with Gasteiger partial charge in [0.15, 0.2) is 0 Å². The molecule has 3 nitrogen and oxygen atoms in total. The number of piperidine rings is 1. The minimum Gasteiger partial charge on any atom is -0.339 e. The normalized spacial score (nSPS) is 28.7. The first kappa shape index (κ1) is 10.7. The third-order valence-electron chi connectivity index (χ3n) is 4.02. The van der Waals surface area contributed by atoms with Gasteiger partial charge in [-0.05, 0) is 50.1 Å². The second kappa shape index (κ2) is 3.97. The fraction of sp³-hybridized carbons (Fsp3) is 0.750. The SMILES string of the molecule is CC=CC(=O)N1CCC2(CC1)CC2CN. The average molecular weight is 208 g/mol. The Morgan fingerprint density at radius 2 is 2.20 bits per heavy atom. The highest BCUT2D eigenvalue weighted by atomic mass is 16.2. The van der Waals surface area contributed by atoms with Crippen molar-refractivity contribution in [2.45, 2.75) is 26.2 Å². The van der Waals surface area contributed by atoms with Crippen LogP contribution in [0.15, 0.2) is 12.2 Å². The zero-order valence-corrected chi connectivity index (χ0v) is 9.41. The quantitative estimate of drug-likeness (QED) is 0.692. The van der Waals surface area contributed by atoms with Gasteiger partial charge in [0.25, 0.3) is 0 Å². The zero-order chi connectivity index (χ0) is 10.9. The maximum atomic E-state index is 11.6. The van der Waals surface area contributed by atoms with E-state index in [0.717, 1.165) is 38.4 Å². The van der Waals surface area contributed by atoms with E-state index in [1.807, 2.05) is 17.9 Å². The highest BCUT2D eigenvalue weighted by Crippen LogP contribution is 2.58. The summed E-state index contributed by atoms with van der Waals surface area (Å²) in [5.41, 5.74) is 6.21. The molecule has 1 saturated carbocycles. The summed E-state index contributed by atoms with van der Waals surface area (Å²) in [5.74, 6) is 0.897. The van der Waals surface area contributed by atoms with Crippen LogP contribution in [0.5, 0.6) is 0 Å². The molecule has 0 aromatic carbocycles. The van der Waals surface area contributed by atoms with E-state index in [1.165, 1.54) is 6.42 Å². The van der Waals surface area contributed by atoms with Gasteiger partial charge in [-0.3, -0.25) is 4.79 Å². The summed E-state index contributed by atoms with van der Waals surface area (Å²) in [6, 6.07) is 0. The number of amides is 1. The van der Waals surface area contributed by atoms with Crippen LogP contribution < -0.4 is 5.73 Å². The maximum absolute atomic E-state index is 11.6. The van der Waals surface area contributed by atoms with Crippen LogP contribution in [-0.2, 0) is 4.79 Å². The Kier molecular flexibility index (Phi) is 2.83. The van der Waals surface area contributed by atoms with Crippen molar-refractivity contribution in [2.24, 2.45) is 17.1 Å². The van der Waals surface area contributed by atoms with Crippen LogP contribution >= 0.6 is 0 Å². The molecule has 1 heterocycles. The van der Waals surface area contributed by atoms with Crippen molar-refractivity contribution in [3.8, 4) is 0 Å². The fourth-order valence-corrected chi connectivity index (χ4v) is 2.80. The van der Waals surface area contributed by atoms with Gasteiger partial charge in [0, 0.05) is 13.1 Å². The molecule has 1 atom stereocenters. The summed E-state index contributed by atoms with van der Waals surface area (Å²) in [5, 5.41) is 0. The van der Waals surface area contributed by atoms with Crippen LogP contribution in [-0.4, -0.2) is 30.4 Å². The topological polar surface area (TPSA) is 46.3 Å². The number of hydrogen-bond acceptors (Lipinski definition) is 2. The first-order valence-electron chi connectivity index (χ1n) is 5.83. The lowest BCUT2D eigenvalue weighted by atomic mass is 9.91. The van der Waals surface area contributed by atoms with E-state index in [-0.39, 0.29) is 5.91 Å². The van der Waals surface area contributed by atoms with Gasteiger partial charge in [-0.15, -0.1) is 0 Å². The fourth-order valence-electron chi connectivity index (χ4n) is 2.80. The summed E-state index contributed by atoms with van der Waals surface area (Å²) < 4.78 is 0. The molecule has 1 spiro atoms. The van der Waals surface area contributed by atoms with Gasteiger partial charge in [0.05, 0.1) is 0 Å². The molecule has 2 rings (SSSR count). The zero-order valence-electron chi connectivity index (χ0n) is 9.41. The van der Waals surface area contributed by atoms with Crippen LogP contribution in [0, 0.1) is 11.3 Å². The van der Waals surface area contributed by atoms with Crippen LogP contribution in [0.3, 0.4) is 0 Å². The Morgan fingerprint density at radius 1 is 1.53 bits per heavy atom. The van der Waals surface area contributed by atoms with Crippen molar-refractivity contribution < 1.29 is 4.79 Å². The van der Waals surface area contributed by atoms with Gasteiger partial charge in [0.2, 0.25) is 5.91 Å². The van der Waals surface area contributed by atoms with Gasteiger partial charge in [-0.1, -0.05) is 6.08 Å². The third kappa shape index (κ3) is 1.93. The smallest absolute Gasteiger partial charge is 0.246 e. The third-order valence-corrected chi connectivity index (χ3v) is 4.02. The molecule has 1 aliphatic carbocycles. The van der Waals surface area contributed by atoms with Gasteiger partial charge >= 0.3 is 0 Å². The monoisotopic (exact) mass is 208 g/mol. The molecule has 84 valence electrons. The van der Waals surface area contributed by atoms with Gasteiger partial charge < -0.3 is 10.6 Å². The van der Waals surface area contributed by atoms with Crippen molar-refractivity contribution in [1.29, 1.82) is 0 Å². The number of hydrogen-bond donors (Lipinski definition) is 1. The van der Waals surface area contributed by atoms with Crippen LogP contribution in [0.25, 0.3) is 0 Å². The van der Waals surface area contributed by atoms with Gasteiger partial charge in [-0.25, -0.2) is 0 Å². The summed E-state index contributed by atoms with van der Waals surface area (Å²) in [4.78, 5) is 13.6. The summed E-state index contributed by atoms with van der Waals surface area (Å²) in [6.07, 6.45) is 7.06. The van der Waals surface area contributed by atoms with Gasteiger partial charge in [-0.2, -0.15) is 0 Å². The second-order valence-corrected chi connectivity index (χ2v) is 4.82. The van der Waals surface area contributed by atoms with Crippen molar-refractivity contribution >= 4 is 5.91 Å². The molecular weight excluding hydrogens is 188 g/mol. The van der Waals surface area contributed by atoms with Crippen LogP contribution in [0.1, 0.15) is 26.2 Å². The Morgan fingerprint density at radius 3 is 2.67 bits per heavy atom. The summed E-state index contributed by atoms with van der Waals surface area (Å²) in [7, 11) is 0. The van der Waals surface area contributed by atoms with E-state index in [1.54, 1.807) is 6.08 Å². The predicted octanol–water partition coefficient (Wildman–Crippen LogP) is 1.15. The molecule has 0 radical (unpaired) electrons. The number of carbonyl (C=O) groups is 1. The number of nitrogens with zero attached hydrogens (tertiary/aromatic N) is 1. The van der Waals surface area contributed by atoms with E-state index in [9.17, 15) is 4.79 Å². The Bertz CT molecular complexity index is 277. The molecule has 0 aromatic rings. The molecule has 1 aliphatic heterocycles. The van der Waals surface area contributed by atoms with Crippen LogP contribution in [0.2, 0.25) is 0 Å². The molecule has 0 bridgehead atoms. The van der Waals surface area contributed by atoms with E-state index in [4.69, 9.17) is 5.73 Å². The number of allylic oxidation sites excluding steroid dienone is 1. The predicted molar refractivity (Wildman–Crippen MR) is 60.2 cm³/mol. The Hall–Kier alpha value is -0.830. The number of rotatable bonds is 2. The largest absolute Gasteiger partial charge is 0.339 e. The molecule has 1 unspecified atom stereocenters. The highest BCUT2D eigenvalue weighted by Gasteiger charge is 2.53. The van der Waals surface area contributed by atoms with Crippen molar-refractivity contribution in [3.05, 3.63) is 12.2 Å². The lowest BCUT2D eigenvalue weighted by Crippen LogP contribution is -2.39. The highest BCUT2D eigenvalue weighted by molar-refractivity contribution is 5.87. The first-order valence-corrected chi connectivity index (χ1v) is 5.83. The van der Waals surface area contributed by atoms with E-state index in [0.29, 0.717) is 5.41 Å². The molecular formula is C12H20N2O. The molecule has 15 heavy (non-hydrogen) atoms. The lowest BCUT2D eigenvalue weighted by Gasteiger charge is -2.32. The molecule has 0 aromatic heterocycles. The van der Waals surface area contributed by atoms with E-state index >= 15 is 0 Å². The minimum absolute atomic E-state index is 0.164. The summed E-state index contributed by atoms with van der Waals surface area (Å²) >= 11 is 0. The van der Waals surface area contributed by atoms with Crippen molar-refractivity contribution in [2.75, 3.05) is 19.6 Å². The van der Waals surface area contributed by atoms with Crippen molar-refractivity contribution in [1.82, 2.24) is 4.90 Å². The maximum Gasteiger partial charge on any atom is 0.246 e. The molecule has 2 aliphatic rings. The molecule has 3 heteroatoms. The molecule has 2 N–H and O–H groups in total. The summed E-state index contributed by atoms with van der Waals surface area (Å²) in [6.45, 7) is 4.54. The molecule has 1 amide bonds. The number of likely N-dealkylation sites (tertiary alicyclic amines) is 1. The standard InChI is InChI=1S/C12H20N2O/c1-2-3-11(15)14-6-4-12(5-7-14)8-10(12)9-13/h2-3,10H,4-9,13H2,1H3. The first-order chi connectivity index (χ1) is 7.22. The molecule has 1 saturated heterocycles. The second-order valence-electron chi connectivity index (χ2n) is 4.82. The number of carbonyl (C=O) groups excluding carboxylic acids is 1. The van der Waals surface area contributed by atoms with E-state index < -0.39 is 0 Å². The van der Waals surface area contributed by atoms with Crippen molar-refractivity contribution in [3.63, 3.8) is 0 Å².